The Hall–Kier alpha value is -1.49. The zero-order valence-corrected chi connectivity index (χ0v) is 10.4. The van der Waals surface area contributed by atoms with Crippen molar-refractivity contribution in [1.82, 2.24) is 0 Å². The lowest BCUT2D eigenvalue weighted by atomic mass is 10.0. The van der Waals surface area contributed by atoms with Gasteiger partial charge in [0, 0.05) is 4.90 Å². The minimum atomic E-state index is -1.46. The molecule has 92 valence electrons. The van der Waals surface area contributed by atoms with Gasteiger partial charge >= 0.3 is 11.9 Å². The van der Waals surface area contributed by atoms with E-state index in [4.69, 9.17) is 10.2 Å². The molecule has 0 aliphatic heterocycles. The van der Waals surface area contributed by atoms with Crippen LogP contribution in [-0.4, -0.2) is 27.4 Å². The van der Waals surface area contributed by atoms with E-state index in [1.54, 1.807) is 12.1 Å². The number of hydrogen-bond acceptors (Lipinski definition) is 3. The van der Waals surface area contributed by atoms with Gasteiger partial charge in [-0.1, -0.05) is 43.8 Å². The molecule has 0 bridgehead atoms. The molecule has 0 unspecified atom stereocenters. The van der Waals surface area contributed by atoms with Crippen LogP contribution in [-0.2, 0) is 9.59 Å². The molecule has 0 radical (unpaired) electrons. The highest BCUT2D eigenvalue weighted by Gasteiger charge is 2.27. The molecular weight excluding hydrogens is 240 g/mol. The van der Waals surface area contributed by atoms with Gasteiger partial charge in [0.15, 0.2) is 0 Å². The van der Waals surface area contributed by atoms with Crippen LogP contribution in [0.4, 0.5) is 0 Å². The molecule has 17 heavy (non-hydrogen) atoms. The summed E-state index contributed by atoms with van der Waals surface area (Å²) in [5.41, 5.74) is 0.963. The Labute approximate surface area is 104 Å². The van der Waals surface area contributed by atoms with E-state index in [1.807, 2.05) is 26.0 Å². The molecule has 2 N–H and O–H groups in total. The molecule has 5 heteroatoms. The maximum atomic E-state index is 10.8. The Morgan fingerprint density at radius 2 is 1.65 bits per heavy atom. The SMILES string of the molecule is CC(C)c1ccccc1SC(C(=O)O)C(=O)O. The molecule has 0 saturated heterocycles. The minimum absolute atomic E-state index is 0.224. The highest BCUT2D eigenvalue weighted by Crippen LogP contribution is 2.31. The fourth-order valence-corrected chi connectivity index (χ4v) is 2.45. The van der Waals surface area contributed by atoms with Crippen LogP contribution in [0.1, 0.15) is 25.3 Å². The highest BCUT2D eigenvalue weighted by atomic mass is 32.2. The summed E-state index contributed by atoms with van der Waals surface area (Å²) in [6.07, 6.45) is 0. The number of thioether (sulfide) groups is 1. The molecule has 0 fully saturated rings. The van der Waals surface area contributed by atoms with Gasteiger partial charge in [-0.05, 0) is 17.5 Å². The van der Waals surface area contributed by atoms with Gasteiger partial charge in [-0.3, -0.25) is 9.59 Å². The summed E-state index contributed by atoms with van der Waals surface area (Å²) < 4.78 is 0. The lowest BCUT2D eigenvalue weighted by molar-refractivity contribution is -0.146. The number of carboxylic acid groups (broad SMARTS) is 2. The van der Waals surface area contributed by atoms with E-state index < -0.39 is 17.2 Å². The van der Waals surface area contributed by atoms with Crippen molar-refractivity contribution in [1.29, 1.82) is 0 Å². The van der Waals surface area contributed by atoms with Crippen molar-refractivity contribution < 1.29 is 19.8 Å². The quantitative estimate of drug-likeness (QED) is 0.623. The third-order valence-corrected chi connectivity index (χ3v) is 3.50. The van der Waals surface area contributed by atoms with Crippen LogP contribution in [0.25, 0.3) is 0 Å². The van der Waals surface area contributed by atoms with Crippen molar-refractivity contribution >= 4 is 23.7 Å². The lowest BCUT2D eigenvalue weighted by Gasteiger charge is -2.14. The predicted octanol–water partition coefficient (Wildman–Crippen LogP) is 2.44. The van der Waals surface area contributed by atoms with Crippen molar-refractivity contribution in [3.8, 4) is 0 Å². The number of hydrogen-bond donors (Lipinski definition) is 2. The van der Waals surface area contributed by atoms with Crippen LogP contribution < -0.4 is 0 Å². The molecule has 0 aliphatic carbocycles. The summed E-state index contributed by atoms with van der Waals surface area (Å²) in [5, 5.41) is 16.2. The van der Waals surface area contributed by atoms with Crippen molar-refractivity contribution in [3.05, 3.63) is 29.8 Å². The molecule has 0 atom stereocenters. The number of benzene rings is 1. The monoisotopic (exact) mass is 254 g/mol. The molecule has 1 aromatic rings. The number of carbonyl (C=O) groups is 2. The summed E-state index contributed by atoms with van der Waals surface area (Å²) in [6, 6.07) is 7.26. The fourth-order valence-electron chi connectivity index (χ4n) is 1.40. The molecule has 4 nitrogen and oxygen atoms in total. The molecule has 0 aliphatic rings. The van der Waals surface area contributed by atoms with Crippen molar-refractivity contribution in [3.63, 3.8) is 0 Å². The van der Waals surface area contributed by atoms with Gasteiger partial charge in [0.2, 0.25) is 5.25 Å². The van der Waals surface area contributed by atoms with E-state index >= 15 is 0 Å². The maximum Gasteiger partial charge on any atom is 0.328 e. The Kier molecular flexibility index (Phi) is 4.57. The first-order valence-corrected chi connectivity index (χ1v) is 6.02. The van der Waals surface area contributed by atoms with Gasteiger partial charge in [0.05, 0.1) is 0 Å². The van der Waals surface area contributed by atoms with E-state index in [0.29, 0.717) is 4.90 Å². The number of carboxylic acids is 2. The van der Waals surface area contributed by atoms with Crippen LogP contribution in [0.3, 0.4) is 0 Å². The van der Waals surface area contributed by atoms with Crippen molar-refractivity contribution in [2.24, 2.45) is 0 Å². The molecule has 1 aromatic carbocycles. The zero-order valence-electron chi connectivity index (χ0n) is 9.58. The Morgan fingerprint density at radius 1 is 1.12 bits per heavy atom. The number of rotatable bonds is 5. The van der Waals surface area contributed by atoms with Crippen LogP contribution >= 0.6 is 11.8 Å². The third-order valence-electron chi connectivity index (χ3n) is 2.23. The second-order valence-corrected chi connectivity index (χ2v) is 5.01. The predicted molar refractivity (Wildman–Crippen MR) is 65.4 cm³/mol. The van der Waals surface area contributed by atoms with Crippen molar-refractivity contribution in [2.45, 2.75) is 29.9 Å². The molecular formula is C12H14O4S. The topological polar surface area (TPSA) is 74.6 Å². The van der Waals surface area contributed by atoms with E-state index in [1.165, 1.54) is 0 Å². The fraction of sp³-hybridized carbons (Fsp3) is 0.333. The number of aliphatic carboxylic acids is 2. The Balaban J connectivity index is 3.01. The summed E-state index contributed by atoms with van der Waals surface area (Å²) in [6.45, 7) is 3.96. The Bertz CT molecular complexity index is 414. The highest BCUT2D eigenvalue weighted by molar-refractivity contribution is 8.01. The molecule has 0 heterocycles. The van der Waals surface area contributed by atoms with E-state index in [0.717, 1.165) is 17.3 Å². The van der Waals surface area contributed by atoms with E-state index in [2.05, 4.69) is 0 Å². The van der Waals surface area contributed by atoms with Gasteiger partial charge < -0.3 is 10.2 Å². The van der Waals surface area contributed by atoms with Crippen LogP contribution in [0.15, 0.2) is 29.2 Å². The van der Waals surface area contributed by atoms with Crippen LogP contribution in [0, 0.1) is 0 Å². The molecule has 1 rings (SSSR count). The van der Waals surface area contributed by atoms with Gasteiger partial charge in [-0.2, -0.15) is 0 Å². The molecule has 0 saturated carbocycles. The van der Waals surface area contributed by atoms with Gasteiger partial charge in [0.1, 0.15) is 0 Å². The van der Waals surface area contributed by atoms with Gasteiger partial charge in [-0.25, -0.2) is 0 Å². The maximum absolute atomic E-state index is 10.8. The molecule has 0 spiro atoms. The largest absolute Gasteiger partial charge is 0.480 e. The second kappa shape index (κ2) is 5.72. The standard InChI is InChI=1S/C12H14O4S/c1-7(2)8-5-3-4-6-9(8)17-10(11(13)14)12(15)16/h3-7,10H,1-2H3,(H,13,14)(H,15,16). The van der Waals surface area contributed by atoms with Gasteiger partial charge in [-0.15, -0.1) is 0 Å². The van der Waals surface area contributed by atoms with Gasteiger partial charge in [0.25, 0.3) is 0 Å². The minimum Gasteiger partial charge on any atom is -0.480 e. The summed E-state index contributed by atoms with van der Waals surface area (Å²) in [4.78, 5) is 22.4. The summed E-state index contributed by atoms with van der Waals surface area (Å²) in [5.74, 6) is -2.44. The lowest BCUT2D eigenvalue weighted by Crippen LogP contribution is -2.26. The summed E-state index contributed by atoms with van der Waals surface area (Å²) in [7, 11) is 0. The first-order chi connectivity index (χ1) is 7.93. The molecule has 0 aromatic heterocycles. The van der Waals surface area contributed by atoms with Crippen LogP contribution in [0.5, 0.6) is 0 Å². The van der Waals surface area contributed by atoms with E-state index in [9.17, 15) is 9.59 Å². The normalized spacial score (nSPS) is 10.8. The first kappa shape index (κ1) is 13.6. The average molecular weight is 254 g/mol. The Morgan fingerprint density at radius 3 is 2.12 bits per heavy atom. The summed E-state index contributed by atoms with van der Waals surface area (Å²) >= 11 is 0.861. The van der Waals surface area contributed by atoms with Crippen LogP contribution in [0.2, 0.25) is 0 Å². The third kappa shape index (κ3) is 3.49. The van der Waals surface area contributed by atoms with Crippen molar-refractivity contribution in [2.75, 3.05) is 0 Å². The first-order valence-electron chi connectivity index (χ1n) is 5.14. The smallest absolute Gasteiger partial charge is 0.328 e. The molecule has 0 amide bonds. The zero-order chi connectivity index (χ0) is 13.0. The second-order valence-electron chi connectivity index (χ2n) is 3.87. The van der Waals surface area contributed by atoms with E-state index in [-0.39, 0.29) is 5.92 Å². The average Bonchev–Trinajstić information content (AvgIpc) is 2.25.